The minimum absolute atomic E-state index is 0.106. The molecule has 0 spiro atoms. The first-order valence-corrected chi connectivity index (χ1v) is 9.84. The quantitative estimate of drug-likeness (QED) is 0.490. The van der Waals surface area contributed by atoms with Crippen LogP contribution in [-0.4, -0.2) is 49.4 Å². The summed E-state index contributed by atoms with van der Waals surface area (Å²) in [6, 6.07) is 13.7. The Kier molecular flexibility index (Phi) is 7.06. The largest absolute Gasteiger partial charge is 0.493 e. The average molecular weight is 411 g/mol. The predicted octanol–water partition coefficient (Wildman–Crippen LogP) is 3.18. The van der Waals surface area contributed by atoms with E-state index in [1.807, 2.05) is 6.07 Å². The van der Waals surface area contributed by atoms with Crippen molar-refractivity contribution < 1.29 is 28.6 Å². The maximum atomic E-state index is 12.9. The molecule has 1 aliphatic rings. The summed E-state index contributed by atoms with van der Waals surface area (Å²) in [5, 5.41) is 0. The molecule has 0 N–H and O–H groups in total. The minimum Gasteiger partial charge on any atom is -0.493 e. The summed E-state index contributed by atoms with van der Waals surface area (Å²) in [7, 11) is 1.45. The molecule has 2 aromatic rings. The van der Waals surface area contributed by atoms with Gasteiger partial charge in [0.1, 0.15) is 0 Å². The number of likely N-dealkylation sites (tertiary alicyclic amines) is 1. The summed E-state index contributed by atoms with van der Waals surface area (Å²) in [6.07, 6.45) is 0.878. The second kappa shape index (κ2) is 9.91. The Morgan fingerprint density at radius 2 is 1.70 bits per heavy atom. The van der Waals surface area contributed by atoms with E-state index >= 15 is 0 Å². The lowest BCUT2D eigenvalue weighted by Gasteiger charge is -2.23. The molecule has 0 unspecified atom stereocenters. The van der Waals surface area contributed by atoms with Crippen molar-refractivity contribution in [2.24, 2.45) is 0 Å². The van der Waals surface area contributed by atoms with E-state index in [-0.39, 0.29) is 11.7 Å². The Morgan fingerprint density at radius 3 is 2.33 bits per heavy atom. The minimum atomic E-state index is -1.01. The number of esters is 1. The number of hydrogen-bond acceptors (Lipinski definition) is 6. The number of benzene rings is 2. The first-order valence-electron chi connectivity index (χ1n) is 9.84. The fraction of sp³-hybridized carbons (Fsp3) is 0.348. The van der Waals surface area contributed by atoms with Crippen LogP contribution in [0.3, 0.4) is 0 Å². The molecule has 1 aliphatic heterocycles. The SMILES string of the molecule is COc1cc(C(C)=O)ccc1OCC(=O)O[C@@H](C(=O)N1CCCC1)c1ccccc1. The van der Waals surface area contributed by atoms with Crippen molar-refractivity contribution >= 4 is 17.7 Å². The van der Waals surface area contributed by atoms with Crippen molar-refractivity contribution in [1.82, 2.24) is 4.90 Å². The second-order valence-electron chi connectivity index (χ2n) is 7.02. The van der Waals surface area contributed by atoms with Crippen molar-refractivity contribution in [3.63, 3.8) is 0 Å². The normalized spacial score (nSPS) is 14.1. The van der Waals surface area contributed by atoms with Crippen LogP contribution in [0.2, 0.25) is 0 Å². The Balaban J connectivity index is 1.69. The lowest BCUT2D eigenvalue weighted by molar-refractivity contribution is -0.162. The van der Waals surface area contributed by atoms with E-state index in [1.54, 1.807) is 47.4 Å². The van der Waals surface area contributed by atoms with E-state index in [2.05, 4.69) is 0 Å². The molecule has 1 atom stereocenters. The van der Waals surface area contributed by atoms with Gasteiger partial charge in [-0.15, -0.1) is 0 Å². The van der Waals surface area contributed by atoms with Crippen molar-refractivity contribution in [3.8, 4) is 11.5 Å². The lowest BCUT2D eigenvalue weighted by atomic mass is 10.1. The fourth-order valence-electron chi connectivity index (χ4n) is 3.30. The van der Waals surface area contributed by atoms with Crippen molar-refractivity contribution in [1.29, 1.82) is 0 Å². The van der Waals surface area contributed by atoms with Crippen LogP contribution in [-0.2, 0) is 14.3 Å². The number of amides is 1. The molecule has 2 aromatic carbocycles. The molecule has 0 aliphatic carbocycles. The van der Waals surface area contributed by atoms with E-state index in [0.29, 0.717) is 35.7 Å². The van der Waals surface area contributed by atoms with Gasteiger partial charge in [-0.05, 0) is 38.0 Å². The highest BCUT2D eigenvalue weighted by Crippen LogP contribution is 2.29. The monoisotopic (exact) mass is 411 g/mol. The number of hydrogen-bond donors (Lipinski definition) is 0. The highest BCUT2D eigenvalue weighted by Gasteiger charge is 2.31. The molecular weight excluding hydrogens is 386 g/mol. The third-order valence-electron chi connectivity index (χ3n) is 4.91. The summed E-state index contributed by atoms with van der Waals surface area (Å²) in [4.78, 5) is 38.6. The van der Waals surface area contributed by atoms with Crippen LogP contribution in [0.5, 0.6) is 11.5 Å². The zero-order chi connectivity index (χ0) is 21.5. The molecule has 0 aromatic heterocycles. The Morgan fingerprint density at radius 1 is 1.00 bits per heavy atom. The second-order valence-corrected chi connectivity index (χ2v) is 7.02. The zero-order valence-electron chi connectivity index (χ0n) is 17.1. The molecule has 1 fully saturated rings. The van der Waals surface area contributed by atoms with Gasteiger partial charge in [-0.25, -0.2) is 4.79 Å². The molecule has 3 rings (SSSR count). The van der Waals surface area contributed by atoms with Crippen LogP contribution >= 0.6 is 0 Å². The van der Waals surface area contributed by atoms with Crippen LogP contribution in [0.25, 0.3) is 0 Å². The average Bonchev–Trinajstić information content (AvgIpc) is 3.31. The smallest absolute Gasteiger partial charge is 0.345 e. The number of Topliss-reactive ketones (excluding diaryl/α,β-unsaturated/α-hetero) is 1. The van der Waals surface area contributed by atoms with Crippen LogP contribution < -0.4 is 9.47 Å². The Labute approximate surface area is 175 Å². The number of ether oxygens (including phenoxy) is 3. The van der Waals surface area contributed by atoms with Gasteiger partial charge >= 0.3 is 5.97 Å². The Bertz CT molecular complexity index is 905. The lowest BCUT2D eigenvalue weighted by Crippen LogP contribution is -2.35. The van der Waals surface area contributed by atoms with E-state index in [0.717, 1.165) is 12.8 Å². The van der Waals surface area contributed by atoms with E-state index in [9.17, 15) is 14.4 Å². The molecule has 1 amide bonds. The highest BCUT2D eigenvalue weighted by molar-refractivity contribution is 5.94. The molecule has 7 heteroatoms. The number of methoxy groups -OCH3 is 1. The van der Waals surface area contributed by atoms with Gasteiger partial charge in [0, 0.05) is 24.2 Å². The molecule has 0 radical (unpaired) electrons. The Hall–Kier alpha value is -3.35. The fourth-order valence-corrected chi connectivity index (χ4v) is 3.30. The van der Waals surface area contributed by atoms with Crippen LogP contribution in [0, 0.1) is 0 Å². The van der Waals surface area contributed by atoms with Gasteiger partial charge in [-0.2, -0.15) is 0 Å². The number of rotatable bonds is 8. The number of carbonyl (C=O) groups excluding carboxylic acids is 3. The first kappa shape index (κ1) is 21.4. The summed E-state index contributed by atoms with van der Waals surface area (Å²) in [5.41, 5.74) is 1.09. The molecule has 0 bridgehead atoms. The van der Waals surface area contributed by atoms with Crippen LogP contribution in [0.15, 0.2) is 48.5 Å². The number of nitrogens with zero attached hydrogens (tertiary/aromatic N) is 1. The summed E-state index contributed by atoms with van der Waals surface area (Å²) in [6.45, 7) is 2.38. The molecule has 1 heterocycles. The van der Waals surface area contributed by atoms with Gasteiger partial charge in [-0.3, -0.25) is 9.59 Å². The summed E-state index contributed by atoms with van der Waals surface area (Å²) in [5.74, 6) is -0.361. The van der Waals surface area contributed by atoms with Crippen LogP contribution in [0.1, 0.15) is 41.8 Å². The van der Waals surface area contributed by atoms with Crippen molar-refractivity contribution in [2.45, 2.75) is 25.9 Å². The first-order chi connectivity index (χ1) is 14.5. The third-order valence-corrected chi connectivity index (χ3v) is 4.91. The standard InChI is InChI=1S/C23H25NO6/c1-16(25)18-10-11-19(20(14-18)28-2)29-15-21(26)30-22(17-8-4-3-5-9-17)23(27)24-12-6-7-13-24/h3-5,8-11,14,22H,6-7,12-13,15H2,1-2H3/t22-/m1/s1. The van der Waals surface area contributed by atoms with Crippen molar-refractivity contribution in [3.05, 3.63) is 59.7 Å². The maximum absolute atomic E-state index is 12.9. The van der Waals surface area contributed by atoms with E-state index in [1.165, 1.54) is 14.0 Å². The van der Waals surface area contributed by atoms with Gasteiger partial charge in [-0.1, -0.05) is 30.3 Å². The summed E-state index contributed by atoms with van der Waals surface area (Å²) < 4.78 is 16.3. The van der Waals surface area contributed by atoms with E-state index in [4.69, 9.17) is 14.2 Å². The summed E-state index contributed by atoms with van der Waals surface area (Å²) >= 11 is 0. The molecule has 0 saturated carbocycles. The number of ketones is 1. The molecule has 30 heavy (non-hydrogen) atoms. The maximum Gasteiger partial charge on any atom is 0.345 e. The zero-order valence-corrected chi connectivity index (χ0v) is 17.1. The third kappa shape index (κ3) is 5.17. The number of carbonyl (C=O) groups is 3. The van der Waals surface area contributed by atoms with Gasteiger partial charge in [0.2, 0.25) is 6.10 Å². The topological polar surface area (TPSA) is 82.1 Å². The van der Waals surface area contributed by atoms with Crippen LogP contribution in [0.4, 0.5) is 0 Å². The molecule has 158 valence electrons. The molecular formula is C23H25NO6. The van der Waals surface area contributed by atoms with Gasteiger partial charge < -0.3 is 19.1 Å². The predicted molar refractivity (Wildman–Crippen MR) is 110 cm³/mol. The van der Waals surface area contributed by atoms with E-state index < -0.39 is 18.7 Å². The van der Waals surface area contributed by atoms with Gasteiger partial charge in [0.05, 0.1) is 7.11 Å². The van der Waals surface area contributed by atoms with Gasteiger partial charge in [0.25, 0.3) is 5.91 Å². The molecule has 1 saturated heterocycles. The van der Waals surface area contributed by atoms with Crippen molar-refractivity contribution in [2.75, 3.05) is 26.8 Å². The van der Waals surface area contributed by atoms with Gasteiger partial charge in [0.15, 0.2) is 23.9 Å². The molecule has 7 nitrogen and oxygen atoms in total. The highest BCUT2D eigenvalue weighted by atomic mass is 16.6.